The largest absolute Gasteiger partial charge is 0.493 e. The van der Waals surface area contributed by atoms with Crippen molar-refractivity contribution in [3.8, 4) is 11.5 Å². The number of amides is 3. The number of likely N-dealkylation sites (N-methyl/N-ethyl adjacent to an activating group) is 1. The number of rotatable bonds is 8. The van der Waals surface area contributed by atoms with Crippen LogP contribution in [0.2, 0.25) is 0 Å². The highest BCUT2D eigenvalue weighted by Crippen LogP contribution is 2.36. The van der Waals surface area contributed by atoms with Crippen molar-refractivity contribution in [1.29, 1.82) is 0 Å². The first-order chi connectivity index (χ1) is 18.8. The van der Waals surface area contributed by atoms with Crippen LogP contribution in [0.4, 0.5) is 9.18 Å². The molecule has 0 unspecified atom stereocenters. The Bertz CT molecular complexity index is 1260. The Balaban J connectivity index is 1.59. The quantitative estimate of drug-likeness (QED) is 0.514. The Morgan fingerprint density at radius 1 is 1.00 bits per heavy atom. The van der Waals surface area contributed by atoms with Crippen molar-refractivity contribution in [3.05, 3.63) is 70.7 Å². The van der Waals surface area contributed by atoms with Gasteiger partial charge < -0.3 is 24.4 Å². The maximum Gasteiger partial charge on any atom is 0.338 e. The van der Waals surface area contributed by atoms with Gasteiger partial charge in [-0.3, -0.25) is 14.6 Å². The molecule has 1 atom stereocenters. The molecule has 0 spiro atoms. The minimum absolute atomic E-state index is 0.163. The number of hydrogen-bond acceptors (Lipinski definition) is 7. The monoisotopic (exact) mass is 540 g/mol. The molecule has 0 bridgehead atoms. The van der Waals surface area contributed by atoms with Crippen LogP contribution in [0.25, 0.3) is 0 Å². The van der Waals surface area contributed by atoms with Gasteiger partial charge in [0.2, 0.25) is 0 Å². The van der Waals surface area contributed by atoms with Crippen LogP contribution in [0, 0.1) is 5.82 Å². The van der Waals surface area contributed by atoms with Crippen LogP contribution in [0.5, 0.6) is 11.5 Å². The summed E-state index contributed by atoms with van der Waals surface area (Å²) in [5, 5.41) is 2.91. The van der Waals surface area contributed by atoms with Gasteiger partial charge in [0.1, 0.15) is 5.82 Å². The summed E-state index contributed by atoms with van der Waals surface area (Å²) in [6, 6.07) is 9.59. The zero-order valence-electron chi connectivity index (χ0n) is 22.5. The van der Waals surface area contributed by atoms with E-state index in [0.717, 1.165) is 0 Å². The maximum absolute atomic E-state index is 13.3. The van der Waals surface area contributed by atoms with Gasteiger partial charge in [0.25, 0.3) is 5.91 Å². The van der Waals surface area contributed by atoms with Crippen molar-refractivity contribution in [3.63, 3.8) is 0 Å². The molecule has 0 aliphatic carbocycles. The van der Waals surface area contributed by atoms with Crippen LogP contribution >= 0.6 is 0 Å². The van der Waals surface area contributed by atoms with E-state index >= 15 is 0 Å². The number of nitrogens with zero attached hydrogens (tertiary/aromatic N) is 3. The maximum atomic E-state index is 13.3. The van der Waals surface area contributed by atoms with Crippen LogP contribution < -0.4 is 14.8 Å². The van der Waals surface area contributed by atoms with Gasteiger partial charge in [-0.1, -0.05) is 6.07 Å². The summed E-state index contributed by atoms with van der Waals surface area (Å²) in [6.45, 7) is 4.18. The van der Waals surface area contributed by atoms with E-state index in [2.05, 4.69) is 10.2 Å². The van der Waals surface area contributed by atoms with Crippen molar-refractivity contribution in [2.45, 2.75) is 13.0 Å². The van der Waals surface area contributed by atoms with Gasteiger partial charge in [-0.15, -0.1) is 0 Å². The topological polar surface area (TPSA) is 101 Å². The molecular formula is C28H33FN4O6. The molecule has 4 rings (SSSR count). The summed E-state index contributed by atoms with van der Waals surface area (Å²) in [6.07, 6.45) is 0. The second-order valence-corrected chi connectivity index (χ2v) is 9.21. The van der Waals surface area contributed by atoms with Gasteiger partial charge in [0, 0.05) is 51.0 Å². The third kappa shape index (κ3) is 5.98. The normalized spacial score (nSPS) is 18.1. The third-order valence-electron chi connectivity index (χ3n) is 6.94. The highest BCUT2D eigenvalue weighted by atomic mass is 19.1. The number of halogens is 1. The lowest BCUT2D eigenvalue weighted by Crippen LogP contribution is -2.53. The second-order valence-electron chi connectivity index (χ2n) is 9.21. The van der Waals surface area contributed by atoms with Crippen LogP contribution in [-0.4, -0.2) is 93.2 Å². The number of piperazine rings is 1. The van der Waals surface area contributed by atoms with E-state index in [1.807, 2.05) is 0 Å². The summed E-state index contributed by atoms with van der Waals surface area (Å²) in [7, 11) is 4.66. The molecule has 39 heavy (non-hydrogen) atoms. The molecule has 11 heteroatoms. The average molecular weight is 541 g/mol. The molecule has 0 aromatic heterocycles. The van der Waals surface area contributed by atoms with Crippen LogP contribution in [0.3, 0.4) is 0 Å². The molecule has 2 aromatic carbocycles. The fourth-order valence-corrected chi connectivity index (χ4v) is 4.78. The smallest absolute Gasteiger partial charge is 0.338 e. The summed E-state index contributed by atoms with van der Waals surface area (Å²) >= 11 is 0. The SMILES string of the molecule is CCOC(=O)C1=C(CN2CCN(C(=O)c3ccc(F)cc3)CC2)N(C)C(=O)N[C@H]1c1ccc(OC)c(OC)c1. The fraction of sp³-hybridized carbons (Fsp3) is 0.393. The number of carbonyl (C=O) groups is 3. The average Bonchev–Trinajstić information content (AvgIpc) is 2.95. The minimum atomic E-state index is -0.760. The predicted molar refractivity (Wildman–Crippen MR) is 141 cm³/mol. The number of hydrogen-bond donors (Lipinski definition) is 1. The van der Waals surface area contributed by atoms with Gasteiger partial charge in [0.15, 0.2) is 11.5 Å². The lowest BCUT2D eigenvalue weighted by atomic mass is 9.94. The Kier molecular flexibility index (Phi) is 8.70. The van der Waals surface area contributed by atoms with Gasteiger partial charge in [-0.05, 0) is 48.9 Å². The lowest BCUT2D eigenvalue weighted by Gasteiger charge is -2.39. The van der Waals surface area contributed by atoms with E-state index in [4.69, 9.17) is 14.2 Å². The lowest BCUT2D eigenvalue weighted by molar-refractivity contribution is -0.139. The summed E-state index contributed by atoms with van der Waals surface area (Å²) in [4.78, 5) is 44.4. The van der Waals surface area contributed by atoms with Crippen LogP contribution in [0.15, 0.2) is 53.7 Å². The van der Waals surface area contributed by atoms with Crippen molar-refractivity contribution in [2.24, 2.45) is 0 Å². The van der Waals surface area contributed by atoms with Crippen molar-refractivity contribution < 1.29 is 33.0 Å². The van der Waals surface area contributed by atoms with E-state index in [-0.39, 0.29) is 18.5 Å². The summed E-state index contributed by atoms with van der Waals surface area (Å²) < 4.78 is 29.4. The van der Waals surface area contributed by atoms with Crippen molar-refractivity contribution in [1.82, 2.24) is 20.0 Å². The van der Waals surface area contributed by atoms with E-state index in [1.54, 1.807) is 37.1 Å². The van der Waals surface area contributed by atoms with E-state index in [1.165, 1.54) is 43.4 Å². The zero-order valence-corrected chi connectivity index (χ0v) is 22.5. The summed E-state index contributed by atoms with van der Waals surface area (Å²) in [5.41, 5.74) is 1.93. The molecule has 1 saturated heterocycles. The molecule has 0 radical (unpaired) electrons. The Hall–Kier alpha value is -4.12. The number of ether oxygens (including phenoxy) is 3. The number of urea groups is 1. The molecule has 1 N–H and O–H groups in total. The van der Waals surface area contributed by atoms with Crippen molar-refractivity contribution >= 4 is 17.9 Å². The molecule has 2 aromatic rings. The second kappa shape index (κ2) is 12.2. The van der Waals surface area contributed by atoms with Crippen molar-refractivity contribution in [2.75, 3.05) is 60.6 Å². The van der Waals surface area contributed by atoms with Gasteiger partial charge in [-0.25, -0.2) is 14.0 Å². The number of methoxy groups -OCH3 is 2. The number of carbonyl (C=O) groups excluding carboxylic acids is 3. The molecular weight excluding hydrogens is 507 g/mol. The molecule has 2 aliphatic rings. The third-order valence-corrected chi connectivity index (χ3v) is 6.94. The van der Waals surface area contributed by atoms with Gasteiger partial charge >= 0.3 is 12.0 Å². The molecule has 2 aliphatic heterocycles. The van der Waals surface area contributed by atoms with Crippen LogP contribution in [0.1, 0.15) is 28.9 Å². The van der Waals surface area contributed by atoms with Gasteiger partial charge in [0.05, 0.1) is 32.4 Å². The number of nitrogens with one attached hydrogen (secondary N) is 1. The number of esters is 1. The molecule has 1 fully saturated rings. The predicted octanol–water partition coefficient (Wildman–Crippen LogP) is 2.81. The molecule has 10 nitrogen and oxygen atoms in total. The van der Waals surface area contributed by atoms with E-state index in [9.17, 15) is 18.8 Å². The molecule has 208 valence electrons. The van der Waals surface area contributed by atoms with E-state index < -0.39 is 17.8 Å². The van der Waals surface area contributed by atoms with E-state index in [0.29, 0.717) is 66.6 Å². The molecule has 0 saturated carbocycles. The zero-order chi connectivity index (χ0) is 28.1. The standard InChI is InChI=1S/C28H33FN4O6/c1-5-39-27(35)24-21(17-32-12-14-33(15-13-32)26(34)18-6-9-20(29)10-7-18)31(2)28(36)30-25(24)19-8-11-22(37-3)23(16-19)38-4/h6-11,16,25H,5,12-15,17H2,1-4H3,(H,30,36)/t25-/m0/s1. The molecule has 2 heterocycles. The van der Waals surface area contributed by atoms with Gasteiger partial charge in [-0.2, -0.15) is 0 Å². The first-order valence-corrected chi connectivity index (χ1v) is 12.7. The fourth-order valence-electron chi connectivity index (χ4n) is 4.78. The Labute approximate surface area is 226 Å². The molecule has 3 amide bonds. The Morgan fingerprint density at radius 2 is 1.67 bits per heavy atom. The number of benzene rings is 2. The highest BCUT2D eigenvalue weighted by Gasteiger charge is 2.38. The first kappa shape index (κ1) is 27.9. The highest BCUT2D eigenvalue weighted by molar-refractivity contribution is 5.95. The summed E-state index contributed by atoms with van der Waals surface area (Å²) in [5.74, 6) is -0.0904. The first-order valence-electron chi connectivity index (χ1n) is 12.7. The van der Waals surface area contributed by atoms with Crippen LogP contribution in [-0.2, 0) is 9.53 Å². The minimum Gasteiger partial charge on any atom is -0.493 e. The Morgan fingerprint density at radius 3 is 2.28 bits per heavy atom.